The number of thioether (sulfide) groups is 1. The number of anilines is 1. The van der Waals surface area contributed by atoms with Gasteiger partial charge in [-0.25, -0.2) is 0 Å². The number of hydrogen-bond donors (Lipinski definition) is 1. The van der Waals surface area contributed by atoms with Gasteiger partial charge in [0.25, 0.3) is 0 Å². The van der Waals surface area contributed by atoms with Gasteiger partial charge in [-0.15, -0.1) is 11.8 Å². The number of nitrogens with one attached hydrogen (secondary N) is 1. The smallest absolute Gasteiger partial charge is 0.103 e. The number of rotatable bonds is 4. The van der Waals surface area contributed by atoms with Crippen LogP contribution in [0.5, 0.6) is 0 Å². The highest BCUT2D eigenvalue weighted by atomic mass is 32.2. The summed E-state index contributed by atoms with van der Waals surface area (Å²) in [4.78, 5) is 1.27. The lowest BCUT2D eigenvalue weighted by molar-refractivity contribution is 1.11. The van der Waals surface area contributed by atoms with E-state index in [-0.39, 0.29) is 0 Å². The summed E-state index contributed by atoms with van der Waals surface area (Å²) in [6, 6.07) is 10.2. The van der Waals surface area contributed by atoms with Crippen LogP contribution in [0.2, 0.25) is 0 Å². The van der Waals surface area contributed by atoms with Gasteiger partial charge in [-0.05, 0) is 24.3 Å². The minimum absolute atomic E-state index is 0.358. The van der Waals surface area contributed by atoms with Crippen LogP contribution in [0.15, 0.2) is 29.2 Å². The van der Waals surface area contributed by atoms with Crippen molar-refractivity contribution in [3.05, 3.63) is 24.3 Å². The Balaban J connectivity index is 2.56. The van der Waals surface area contributed by atoms with Gasteiger partial charge in [-0.3, -0.25) is 0 Å². The molecule has 1 N–H and O–H groups in total. The zero-order valence-electron chi connectivity index (χ0n) is 8.45. The molecular weight excluding hydrogens is 192 g/mol. The van der Waals surface area contributed by atoms with E-state index in [1.165, 1.54) is 4.90 Å². The Labute approximate surface area is 89.3 Å². The minimum Gasteiger partial charge on any atom is -0.372 e. The predicted molar refractivity (Wildman–Crippen MR) is 61.5 cm³/mol. The maximum absolute atomic E-state index is 8.38. The molecule has 0 amide bonds. The Kier molecular flexibility index (Phi) is 4.34. The van der Waals surface area contributed by atoms with Crippen LogP contribution in [0.25, 0.3) is 0 Å². The normalized spacial score (nSPS) is 9.86. The zero-order valence-corrected chi connectivity index (χ0v) is 9.27. The number of nitrogens with zero attached hydrogens (tertiary/aromatic N) is 1. The van der Waals surface area contributed by atoms with Crippen LogP contribution < -0.4 is 5.32 Å². The van der Waals surface area contributed by atoms with E-state index in [0.29, 0.717) is 11.8 Å². The summed E-state index contributed by atoms with van der Waals surface area (Å²) < 4.78 is 0. The van der Waals surface area contributed by atoms with Crippen molar-refractivity contribution in [2.24, 2.45) is 0 Å². The summed E-state index contributed by atoms with van der Waals surface area (Å²) >= 11 is 1.84. The third-order valence-corrected chi connectivity index (χ3v) is 2.61. The van der Waals surface area contributed by atoms with E-state index in [4.69, 9.17) is 5.26 Å². The van der Waals surface area contributed by atoms with Crippen LogP contribution in [0.4, 0.5) is 5.69 Å². The van der Waals surface area contributed by atoms with Crippen molar-refractivity contribution in [3.8, 4) is 6.07 Å². The molecule has 0 aliphatic carbocycles. The van der Waals surface area contributed by atoms with E-state index in [1.54, 1.807) is 0 Å². The molecule has 0 fully saturated rings. The largest absolute Gasteiger partial charge is 0.372 e. The van der Waals surface area contributed by atoms with Crippen LogP contribution in [-0.2, 0) is 0 Å². The average Bonchev–Trinajstić information content (AvgIpc) is 2.16. The Morgan fingerprint density at radius 1 is 1.36 bits per heavy atom. The maximum Gasteiger partial charge on any atom is 0.103 e. The highest BCUT2D eigenvalue weighted by Crippen LogP contribution is 2.23. The van der Waals surface area contributed by atoms with E-state index >= 15 is 0 Å². The first-order chi connectivity index (χ1) is 6.72. The maximum atomic E-state index is 8.38. The quantitative estimate of drug-likeness (QED) is 0.607. The van der Waals surface area contributed by atoms with Gasteiger partial charge in [-0.2, -0.15) is 5.26 Å². The fraction of sp³-hybridized carbons (Fsp3) is 0.364. The summed E-state index contributed by atoms with van der Waals surface area (Å²) in [5, 5.41) is 12.0. The van der Waals surface area contributed by atoms with Gasteiger partial charge in [0.05, 0.1) is 6.07 Å². The summed E-state index contributed by atoms with van der Waals surface area (Å²) in [6.45, 7) is 4.70. The van der Waals surface area contributed by atoms with E-state index < -0.39 is 0 Å². The van der Waals surface area contributed by atoms with Crippen molar-refractivity contribution in [3.63, 3.8) is 0 Å². The molecule has 0 unspecified atom stereocenters. The molecule has 0 heterocycles. The minimum atomic E-state index is 0.358. The van der Waals surface area contributed by atoms with Crippen LogP contribution in [-0.4, -0.2) is 11.8 Å². The monoisotopic (exact) mass is 206 g/mol. The Morgan fingerprint density at radius 3 is 2.50 bits per heavy atom. The van der Waals surface area contributed by atoms with Crippen molar-refractivity contribution in [2.75, 3.05) is 11.9 Å². The lowest BCUT2D eigenvalue weighted by atomic mass is 10.3. The summed E-state index contributed by atoms with van der Waals surface area (Å²) in [5.74, 6) is 0. The van der Waals surface area contributed by atoms with E-state index in [0.717, 1.165) is 5.69 Å². The average molecular weight is 206 g/mol. The molecule has 0 atom stereocenters. The second-order valence-corrected chi connectivity index (χ2v) is 4.85. The van der Waals surface area contributed by atoms with E-state index in [1.807, 2.05) is 30.0 Å². The van der Waals surface area contributed by atoms with Crippen LogP contribution in [0, 0.1) is 11.3 Å². The van der Waals surface area contributed by atoms with E-state index in [9.17, 15) is 0 Å². The van der Waals surface area contributed by atoms with Gasteiger partial charge in [0, 0.05) is 15.8 Å². The Bertz CT molecular complexity index is 311. The van der Waals surface area contributed by atoms with Crippen molar-refractivity contribution in [1.82, 2.24) is 0 Å². The molecule has 1 aromatic carbocycles. The molecule has 2 nitrogen and oxygen atoms in total. The summed E-state index contributed by atoms with van der Waals surface area (Å²) in [7, 11) is 0. The first kappa shape index (κ1) is 10.9. The molecule has 0 aliphatic heterocycles. The van der Waals surface area contributed by atoms with Crippen LogP contribution >= 0.6 is 11.8 Å². The number of nitriles is 1. The molecular formula is C11H14N2S. The van der Waals surface area contributed by atoms with Crippen molar-refractivity contribution in [1.29, 1.82) is 5.26 Å². The van der Waals surface area contributed by atoms with Gasteiger partial charge < -0.3 is 5.32 Å². The van der Waals surface area contributed by atoms with Crippen molar-refractivity contribution in [2.45, 2.75) is 24.0 Å². The van der Waals surface area contributed by atoms with Gasteiger partial charge in [-0.1, -0.05) is 13.8 Å². The lowest BCUT2D eigenvalue weighted by Crippen LogP contribution is -1.97. The number of benzene rings is 1. The second-order valence-electron chi connectivity index (χ2n) is 3.20. The highest BCUT2D eigenvalue weighted by Gasteiger charge is 1.97. The highest BCUT2D eigenvalue weighted by molar-refractivity contribution is 7.99. The van der Waals surface area contributed by atoms with Crippen LogP contribution in [0.3, 0.4) is 0 Å². The standard InChI is InChI=1S/C11H14N2S/c1-9(2)14-11-5-3-10(4-6-11)13-8-7-12/h3-6,9,13H,8H2,1-2H3. The van der Waals surface area contributed by atoms with Gasteiger partial charge in [0.1, 0.15) is 6.54 Å². The molecule has 1 aromatic rings. The molecule has 0 spiro atoms. The second kappa shape index (κ2) is 5.56. The van der Waals surface area contributed by atoms with Gasteiger partial charge in [0.2, 0.25) is 0 Å². The lowest BCUT2D eigenvalue weighted by Gasteiger charge is -2.06. The Morgan fingerprint density at radius 2 is 2.00 bits per heavy atom. The SMILES string of the molecule is CC(C)Sc1ccc(NCC#N)cc1. The molecule has 14 heavy (non-hydrogen) atoms. The molecule has 1 rings (SSSR count). The number of hydrogen-bond acceptors (Lipinski definition) is 3. The predicted octanol–water partition coefficient (Wildman–Crippen LogP) is 3.12. The first-order valence-electron chi connectivity index (χ1n) is 4.60. The van der Waals surface area contributed by atoms with Crippen LogP contribution in [0.1, 0.15) is 13.8 Å². The van der Waals surface area contributed by atoms with Crippen molar-refractivity contribution < 1.29 is 0 Å². The molecule has 3 heteroatoms. The third kappa shape index (κ3) is 3.71. The molecule has 0 aliphatic rings. The topological polar surface area (TPSA) is 35.8 Å². The molecule has 0 aromatic heterocycles. The zero-order chi connectivity index (χ0) is 10.4. The van der Waals surface area contributed by atoms with Crippen molar-refractivity contribution >= 4 is 17.4 Å². The summed E-state index contributed by atoms with van der Waals surface area (Å²) in [5.41, 5.74) is 1.000. The van der Waals surface area contributed by atoms with Gasteiger partial charge >= 0.3 is 0 Å². The van der Waals surface area contributed by atoms with Gasteiger partial charge in [0.15, 0.2) is 0 Å². The third-order valence-electron chi connectivity index (χ3n) is 1.60. The van der Waals surface area contributed by atoms with E-state index in [2.05, 4.69) is 31.3 Å². The summed E-state index contributed by atoms with van der Waals surface area (Å²) in [6.07, 6.45) is 0. The fourth-order valence-corrected chi connectivity index (χ4v) is 1.90. The Hall–Kier alpha value is -1.14. The molecule has 74 valence electrons. The fourth-order valence-electron chi connectivity index (χ4n) is 1.07. The molecule has 0 saturated carbocycles. The molecule has 0 radical (unpaired) electrons. The molecule has 0 bridgehead atoms. The first-order valence-corrected chi connectivity index (χ1v) is 5.48. The molecule has 0 saturated heterocycles.